The van der Waals surface area contributed by atoms with E-state index >= 15 is 0 Å². The average molecular weight is 295 g/mol. The number of carbonyl (C=O) groups is 1. The number of ether oxygens (including phenoxy) is 2. The Kier molecular flexibility index (Phi) is 6.49. The summed E-state index contributed by atoms with van der Waals surface area (Å²) < 4.78 is 10.9. The SMILES string of the molecule is COc1ccccc1OCCC(CN)(CC(C)C)C(=O)O. The zero-order chi connectivity index (χ0) is 15.9. The number of hydrogen-bond acceptors (Lipinski definition) is 4. The van der Waals surface area contributed by atoms with Crippen molar-refractivity contribution < 1.29 is 19.4 Å². The summed E-state index contributed by atoms with van der Waals surface area (Å²) in [4.78, 5) is 11.6. The Bertz CT molecular complexity index is 461. The molecule has 0 aromatic heterocycles. The maximum Gasteiger partial charge on any atom is 0.311 e. The molecule has 0 aliphatic heterocycles. The monoisotopic (exact) mass is 295 g/mol. The van der Waals surface area contributed by atoms with Gasteiger partial charge >= 0.3 is 5.97 Å². The van der Waals surface area contributed by atoms with Crippen LogP contribution in [0, 0.1) is 11.3 Å². The number of para-hydroxylation sites is 2. The van der Waals surface area contributed by atoms with E-state index in [4.69, 9.17) is 15.2 Å². The van der Waals surface area contributed by atoms with Gasteiger partial charge in [-0.05, 0) is 30.9 Å². The fraction of sp³-hybridized carbons (Fsp3) is 0.562. The predicted octanol–water partition coefficient (Wildman–Crippen LogP) is 2.54. The number of nitrogens with two attached hydrogens (primary N) is 1. The number of carboxylic acid groups (broad SMARTS) is 1. The van der Waals surface area contributed by atoms with Crippen molar-refractivity contribution in [2.75, 3.05) is 20.3 Å². The molecule has 1 aromatic rings. The van der Waals surface area contributed by atoms with E-state index in [9.17, 15) is 9.90 Å². The highest BCUT2D eigenvalue weighted by molar-refractivity contribution is 5.75. The van der Waals surface area contributed by atoms with Gasteiger partial charge in [-0.2, -0.15) is 0 Å². The number of aliphatic carboxylic acids is 1. The molecule has 0 heterocycles. The Balaban J connectivity index is 2.71. The number of carboxylic acids is 1. The van der Waals surface area contributed by atoms with Crippen LogP contribution in [0.25, 0.3) is 0 Å². The number of rotatable bonds is 9. The van der Waals surface area contributed by atoms with Gasteiger partial charge in [0.1, 0.15) is 0 Å². The summed E-state index contributed by atoms with van der Waals surface area (Å²) in [6, 6.07) is 7.30. The minimum absolute atomic E-state index is 0.107. The molecular weight excluding hydrogens is 270 g/mol. The zero-order valence-corrected chi connectivity index (χ0v) is 13.0. The molecule has 0 saturated carbocycles. The van der Waals surface area contributed by atoms with Crippen molar-refractivity contribution >= 4 is 5.97 Å². The second kappa shape index (κ2) is 7.88. The van der Waals surface area contributed by atoms with Gasteiger partial charge < -0.3 is 20.3 Å². The Morgan fingerprint density at radius 2 is 1.95 bits per heavy atom. The van der Waals surface area contributed by atoms with Crippen molar-refractivity contribution in [3.63, 3.8) is 0 Å². The molecule has 1 aromatic carbocycles. The molecule has 1 rings (SSSR count). The molecule has 0 spiro atoms. The summed E-state index contributed by atoms with van der Waals surface area (Å²) in [6.45, 7) is 4.38. The van der Waals surface area contributed by atoms with Crippen molar-refractivity contribution in [2.24, 2.45) is 17.1 Å². The third-order valence-corrected chi connectivity index (χ3v) is 3.55. The van der Waals surface area contributed by atoms with Crippen LogP contribution in [0.5, 0.6) is 11.5 Å². The van der Waals surface area contributed by atoms with Crippen LogP contribution in [0.1, 0.15) is 26.7 Å². The van der Waals surface area contributed by atoms with Gasteiger partial charge in [0.25, 0.3) is 0 Å². The van der Waals surface area contributed by atoms with Crippen molar-refractivity contribution in [1.82, 2.24) is 0 Å². The molecule has 0 aliphatic rings. The lowest BCUT2D eigenvalue weighted by atomic mass is 9.77. The molecule has 5 nitrogen and oxygen atoms in total. The van der Waals surface area contributed by atoms with Crippen LogP contribution in [0.3, 0.4) is 0 Å². The molecule has 0 saturated heterocycles. The molecule has 0 fully saturated rings. The third-order valence-electron chi connectivity index (χ3n) is 3.55. The number of hydrogen-bond donors (Lipinski definition) is 2. The number of benzene rings is 1. The molecule has 3 N–H and O–H groups in total. The lowest BCUT2D eigenvalue weighted by molar-refractivity contribution is -0.150. The molecule has 1 atom stereocenters. The molecule has 0 radical (unpaired) electrons. The molecule has 0 bridgehead atoms. The Morgan fingerprint density at radius 1 is 1.33 bits per heavy atom. The standard InChI is InChI=1S/C16H25NO4/c1-12(2)10-16(11-17,15(18)19)8-9-21-14-7-5-4-6-13(14)20-3/h4-7,12H,8-11,17H2,1-3H3,(H,18,19). The summed E-state index contributed by atoms with van der Waals surface area (Å²) in [5, 5.41) is 9.51. The van der Waals surface area contributed by atoms with E-state index in [0.29, 0.717) is 24.3 Å². The largest absolute Gasteiger partial charge is 0.493 e. The third kappa shape index (κ3) is 4.63. The first-order valence-electron chi connectivity index (χ1n) is 7.14. The van der Waals surface area contributed by atoms with Crippen LogP contribution >= 0.6 is 0 Å². The van der Waals surface area contributed by atoms with Gasteiger partial charge in [-0.1, -0.05) is 26.0 Å². The predicted molar refractivity (Wildman–Crippen MR) is 81.7 cm³/mol. The number of methoxy groups -OCH3 is 1. The van der Waals surface area contributed by atoms with E-state index in [1.165, 1.54) is 0 Å². The summed E-state index contributed by atoms with van der Waals surface area (Å²) >= 11 is 0. The second-order valence-corrected chi connectivity index (χ2v) is 5.64. The maximum absolute atomic E-state index is 11.6. The van der Waals surface area contributed by atoms with Crippen molar-refractivity contribution in [3.05, 3.63) is 24.3 Å². The molecule has 21 heavy (non-hydrogen) atoms. The van der Waals surface area contributed by atoms with Crippen LogP contribution in [0.4, 0.5) is 0 Å². The summed E-state index contributed by atoms with van der Waals surface area (Å²) in [5.41, 5.74) is 4.80. The smallest absolute Gasteiger partial charge is 0.311 e. The van der Waals surface area contributed by atoms with Crippen molar-refractivity contribution in [1.29, 1.82) is 0 Å². The Morgan fingerprint density at radius 3 is 2.43 bits per heavy atom. The van der Waals surface area contributed by atoms with Gasteiger partial charge in [0, 0.05) is 6.54 Å². The highest BCUT2D eigenvalue weighted by atomic mass is 16.5. The van der Waals surface area contributed by atoms with Crippen molar-refractivity contribution in [2.45, 2.75) is 26.7 Å². The highest BCUT2D eigenvalue weighted by Crippen LogP contribution is 2.31. The first-order chi connectivity index (χ1) is 9.95. The Hall–Kier alpha value is -1.75. The molecule has 118 valence electrons. The van der Waals surface area contributed by atoms with E-state index in [1.807, 2.05) is 26.0 Å². The lowest BCUT2D eigenvalue weighted by Crippen LogP contribution is -2.41. The van der Waals surface area contributed by atoms with E-state index < -0.39 is 11.4 Å². The van der Waals surface area contributed by atoms with Crippen LogP contribution in [0.15, 0.2) is 24.3 Å². The molecule has 1 unspecified atom stereocenters. The maximum atomic E-state index is 11.6. The summed E-state index contributed by atoms with van der Waals surface area (Å²) in [5.74, 6) is 0.647. The fourth-order valence-corrected chi connectivity index (χ4v) is 2.44. The first kappa shape index (κ1) is 17.3. The van der Waals surface area contributed by atoms with Crippen LogP contribution in [-0.2, 0) is 4.79 Å². The second-order valence-electron chi connectivity index (χ2n) is 5.64. The topological polar surface area (TPSA) is 81.8 Å². The first-order valence-corrected chi connectivity index (χ1v) is 7.14. The van der Waals surface area contributed by atoms with Crippen LogP contribution in [-0.4, -0.2) is 31.3 Å². The van der Waals surface area contributed by atoms with Gasteiger partial charge in [-0.15, -0.1) is 0 Å². The normalized spacial score (nSPS) is 13.8. The highest BCUT2D eigenvalue weighted by Gasteiger charge is 2.37. The molecule has 5 heteroatoms. The van der Waals surface area contributed by atoms with E-state index in [0.717, 1.165) is 0 Å². The average Bonchev–Trinajstić information content (AvgIpc) is 2.45. The molecule has 0 aliphatic carbocycles. The van der Waals surface area contributed by atoms with Gasteiger partial charge in [-0.25, -0.2) is 0 Å². The van der Waals surface area contributed by atoms with Gasteiger partial charge in [0.2, 0.25) is 0 Å². The van der Waals surface area contributed by atoms with Crippen LogP contribution < -0.4 is 15.2 Å². The quantitative estimate of drug-likeness (QED) is 0.731. The van der Waals surface area contributed by atoms with Crippen molar-refractivity contribution in [3.8, 4) is 11.5 Å². The van der Waals surface area contributed by atoms with Crippen LogP contribution in [0.2, 0.25) is 0 Å². The summed E-state index contributed by atoms with van der Waals surface area (Å²) in [7, 11) is 1.57. The van der Waals surface area contributed by atoms with Gasteiger partial charge in [0.05, 0.1) is 19.1 Å². The Labute approximate surface area is 126 Å². The minimum atomic E-state index is -0.934. The summed E-state index contributed by atoms with van der Waals surface area (Å²) in [6.07, 6.45) is 0.906. The van der Waals surface area contributed by atoms with E-state index in [2.05, 4.69) is 0 Å². The minimum Gasteiger partial charge on any atom is -0.493 e. The zero-order valence-electron chi connectivity index (χ0n) is 13.0. The fourth-order valence-electron chi connectivity index (χ4n) is 2.44. The van der Waals surface area contributed by atoms with Gasteiger partial charge in [0.15, 0.2) is 11.5 Å². The van der Waals surface area contributed by atoms with Gasteiger partial charge in [-0.3, -0.25) is 4.79 Å². The van der Waals surface area contributed by atoms with E-state index in [-0.39, 0.29) is 19.1 Å². The lowest BCUT2D eigenvalue weighted by Gasteiger charge is -2.29. The molecular formula is C16H25NO4. The molecule has 0 amide bonds. The van der Waals surface area contributed by atoms with E-state index in [1.54, 1.807) is 19.2 Å².